The summed E-state index contributed by atoms with van der Waals surface area (Å²) >= 11 is 12.7. The Balaban J connectivity index is 2.27. The molecule has 3 amide bonds. The molecule has 0 saturated carbocycles. The monoisotopic (exact) mass is 586 g/mol. The Bertz CT molecular complexity index is 1390. The van der Waals surface area contributed by atoms with Crippen LogP contribution in [0.15, 0.2) is 42.5 Å². The van der Waals surface area contributed by atoms with Gasteiger partial charge in [-0.05, 0) is 62.7 Å². The largest absolute Gasteiger partial charge is 0.449 e. The predicted octanol–water partition coefficient (Wildman–Crippen LogP) is 6.05. The minimum Gasteiger partial charge on any atom is -0.449 e. The van der Waals surface area contributed by atoms with Crippen molar-refractivity contribution in [1.82, 2.24) is 15.0 Å². The molecule has 0 spiro atoms. The Labute approximate surface area is 240 Å². The van der Waals surface area contributed by atoms with Crippen LogP contribution in [-0.2, 0) is 20.6 Å². The zero-order chi connectivity index (χ0) is 29.2. The second-order valence-corrected chi connectivity index (χ2v) is 8.47. The third kappa shape index (κ3) is 7.13. The van der Waals surface area contributed by atoms with E-state index in [0.717, 1.165) is 4.90 Å². The molecule has 12 nitrogen and oxygen atoms in total. The summed E-state index contributed by atoms with van der Waals surface area (Å²) in [6.07, 6.45) is -3.16. The number of anilines is 3. The highest BCUT2D eigenvalue weighted by molar-refractivity contribution is 6.36. The van der Waals surface area contributed by atoms with Crippen molar-refractivity contribution in [3.05, 3.63) is 69.5 Å². The van der Waals surface area contributed by atoms with Crippen molar-refractivity contribution in [1.29, 1.82) is 5.26 Å². The predicted molar refractivity (Wildman–Crippen MR) is 146 cm³/mol. The van der Waals surface area contributed by atoms with Crippen LogP contribution < -0.4 is 9.80 Å². The highest BCUT2D eigenvalue weighted by Gasteiger charge is 2.32. The standard InChI is InChI=1S/C26H24Cl2N6O6/c1-4-38-24(35)33(17-12-10-16(15-29)11-13-17)22-30-21(14-18-19(27)8-7-9-20(18)28)31-23(32-22)34(25(36)39-5-2)26(37)40-6-3/h7-13H,4-6,14H2,1-3H3. The number of carbonyl (C=O) groups is 3. The van der Waals surface area contributed by atoms with Crippen LogP contribution >= 0.6 is 23.2 Å². The SMILES string of the molecule is CCOC(=O)N(C(=O)OCC)c1nc(Cc2c(Cl)cccc2Cl)nc(N(C(=O)OCC)c2ccc(C#N)cc2)n1. The molecule has 0 bridgehead atoms. The molecule has 40 heavy (non-hydrogen) atoms. The lowest BCUT2D eigenvalue weighted by Gasteiger charge is -2.23. The Hall–Kier alpha value is -4.47. The molecule has 0 unspecified atom stereocenters. The molecule has 0 fully saturated rings. The maximum absolute atomic E-state index is 13.1. The van der Waals surface area contributed by atoms with Gasteiger partial charge in [-0.25, -0.2) is 19.3 Å². The summed E-state index contributed by atoms with van der Waals surface area (Å²) in [4.78, 5) is 53.2. The first-order valence-corrected chi connectivity index (χ1v) is 12.8. The molecule has 3 rings (SSSR count). The van der Waals surface area contributed by atoms with Gasteiger partial charge in [0.2, 0.25) is 11.9 Å². The average molecular weight is 587 g/mol. The molecule has 1 heterocycles. The van der Waals surface area contributed by atoms with Gasteiger partial charge >= 0.3 is 18.3 Å². The summed E-state index contributed by atoms with van der Waals surface area (Å²) in [6.45, 7) is 4.62. The molecule has 14 heteroatoms. The number of nitrogens with zero attached hydrogens (tertiary/aromatic N) is 6. The van der Waals surface area contributed by atoms with Crippen LogP contribution in [0.3, 0.4) is 0 Å². The van der Waals surface area contributed by atoms with E-state index in [4.69, 9.17) is 37.4 Å². The summed E-state index contributed by atoms with van der Waals surface area (Å²) < 4.78 is 15.3. The van der Waals surface area contributed by atoms with E-state index in [2.05, 4.69) is 15.0 Å². The van der Waals surface area contributed by atoms with Gasteiger partial charge in [-0.2, -0.15) is 20.2 Å². The van der Waals surface area contributed by atoms with Crippen molar-refractivity contribution in [2.45, 2.75) is 27.2 Å². The summed E-state index contributed by atoms with van der Waals surface area (Å²) in [5.74, 6) is -0.788. The van der Waals surface area contributed by atoms with Gasteiger partial charge in [0, 0.05) is 16.5 Å². The van der Waals surface area contributed by atoms with E-state index in [1.165, 1.54) is 24.3 Å². The quantitative estimate of drug-likeness (QED) is 0.285. The summed E-state index contributed by atoms with van der Waals surface area (Å²) in [5.41, 5.74) is 1.03. The molecule has 0 aliphatic rings. The van der Waals surface area contributed by atoms with Crippen LogP contribution in [0.4, 0.5) is 32.0 Å². The highest BCUT2D eigenvalue weighted by Crippen LogP contribution is 2.29. The van der Waals surface area contributed by atoms with Gasteiger partial charge in [0.25, 0.3) is 0 Å². The van der Waals surface area contributed by atoms with Gasteiger partial charge in [0.05, 0.1) is 37.1 Å². The molecule has 0 aliphatic carbocycles. The fourth-order valence-electron chi connectivity index (χ4n) is 3.32. The number of amides is 3. The van der Waals surface area contributed by atoms with Crippen LogP contribution in [0.25, 0.3) is 0 Å². The van der Waals surface area contributed by atoms with Crippen molar-refractivity contribution in [2.75, 3.05) is 29.6 Å². The molecule has 3 aromatic rings. The van der Waals surface area contributed by atoms with Gasteiger partial charge in [-0.3, -0.25) is 0 Å². The number of ether oxygens (including phenoxy) is 3. The number of halogens is 2. The molecular formula is C26H24Cl2N6O6. The fraction of sp³-hybridized carbons (Fsp3) is 0.269. The van der Waals surface area contributed by atoms with Crippen molar-refractivity contribution in [2.24, 2.45) is 0 Å². The molecule has 0 aliphatic heterocycles. The van der Waals surface area contributed by atoms with Crippen molar-refractivity contribution < 1.29 is 28.6 Å². The molecular weight excluding hydrogens is 563 g/mol. The lowest BCUT2D eigenvalue weighted by Crippen LogP contribution is -2.40. The Morgan fingerprint density at radius 1 is 0.800 bits per heavy atom. The smallest absolute Gasteiger partial charge is 0.426 e. The second-order valence-electron chi connectivity index (χ2n) is 7.65. The first-order chi connectivity index (χ1) is 19.2. The number of carbonyl (C=O) groups excluding carboxylic acids is 3. The summed E-state index contributed by atoms with van der Waals surface area (Å²) in [6, 6.07) is 12.8. The van der Waals surface area contributed by atoms with E-state index < -0.39 is 24.2 Å². The van der Waals surface area contributed by atoms with E-state index in [0.29, 0.717) is 26.1 Å². The lowest BCUT2D eigenvalue weighted by atomic mass is 10.1. The van der Waals surface area contributed by atoms with Crippen LogP contribution in [0.5, 0.6) is 0 Å². The highest BCUT2D eigenvalue weighted by atomic mass is 35.5. The van der Waals surface area contributed by atoms with Crippen molar-refractivity contribution in [3.63, 3.8) is 0 Å². The van der Waals surface area contributed by atoms with E-state index in [1.807, 2.05) is 6.07 Å². The normalized spacial score (nSPS) is 10.3. The minimum absolute atomic E-state index is 0.00320. The third-order valence-corrected chi connectivity index (χ3v) is 5.77. The Kier molecular flexibility index (Phi) is 10.6. The maximum atomic E-state index is 13.1. The Morgan fingerprint density at radius 2 is 1.32 bits per heavy atom. The zero-order valence-corrected chi connectivity index (χ0v) is 23.3. The molecule has 2 aromatic carbocycles. The molecule has 1 aromatic heterocycles. The molecule has 0 N–H and O–H groups in total. The van der Waals surface area contributed by atoms with Gasteiger partial charge in [0.15, 0.2) is 0 Å². The van der Waals surface area contributed by atoms with Crippen LogP contribution in [-0.4, -0.2) is 53.1 Å². The van der Waals surface area contributed by atoms with Crippen molar-refractivity contribution in [3.8, 4) is 6.07 Å². The van der Waals surface area contributed by atoms with Gasteiger partial charge in [0.1, 0.15) is 5.82 Å². The Morgan fingerprint density at radius 3 is 1.85 bits per heavy atom. The van der Waals surface area contributed by atoms with E-state index in [9.17, 15) is 19.6 Å². The molecule has 0 radical (unpaired) electrons. The summed E-state index contributed by atoms with van der Waals surface area (Å²) in [7, 11) is 0. The van der Waals surface area contributed by atoms with Crippen LogP contribution in [0.2, 0.25) is 10.0 Å². The number of hydrogen-bond acceptors (Lipinski definition) is 10. The minimum atomic E-state index is -1.11. The van der Waals surface area contributed by atoms with Gasteiger partial charge in [-0.1, -0.05) is 29.3 Å². The van der Waals surface area contributed by atoms with E-state index in [-0.39, 0.29) is 43.7 Å². The summed E-state index contributed by atoms with van der Waals surface area (Å²) in [5, 5.41) is 9.82. The zero-order valence-electron chi connectivity index (χ0n) is 21.8. The van der Waals surface area contributed by atoms with Crippen LogP contribution in [0.1, 0.15) is 37.7 Å². The third-order valence-electron chi connectivity index (χ3n) is 5.06. The lowest BCUT2D eigenvalue weighted by molar-refractivity contribution is 0.140. The molecule has 208 valence electrons. The van der Waals surface area contributed by atoms with E-state index in [1.54, 1.807) is 39.0 Å². The maximum Gasteiger partial charge on any atom is 0.426 e. The number of benzene rings is 2. The molecule has 0 atom stereocenters. The number of rotatable bonds is 8. The first-order valence-electron chi connectivity index (χ1n) is 12.0. The van der Waals surface area contributed by atoms with E-state index >= 15 is 0 Å². The van der Waals surface area contributed by atoms with Gasteiger partial charge in [-0.15, -0.1) is 4.90 Å². The number of nitriles is 1. The van der Waals surface area contributed by atoms with Gasteiger partial charge < -0.3 is 14.2 Å². The number of imide groups is 1. The topological polar surface area (TPSA) is 148 Å². The van der Waals surface area contributed by atoms with Crippen molar-refractivity contribution >= 4 is 59.1 Å². The number of aromatic nitrogens is 3. The number of hydrogen-bond donors (Lipinski definition) is 0. The molecule has 0 saturated heterocycles. The fourth-order valence-corrected chi connectivity index (χ4v) is 3.85. The second kappa shape index (κ2) is 14.1. The average Bonchev–Trinajstić information content (AvgIpc) is 2.92. The van der Waals surface area contributed by atoms with Crippen LogP contribution in [0, 0.1) is 11.3 Å². The first kappa shape index (κ1) is 30.1.